The van der Waals surface area contributed by atoms with E-state index in [2.05, 4.69) is 144 Å². The van der Waals surface area contributed by atoms with Crippen molar-refractivity contribution >= 4 is 74.9 Å². The Kier molecular flexibility index (Phi) is 4.55. The highest BCUT2D eigenvalue weighted by Crippen LogP contribution is 2.44. The topological polar surface area (TPSA) is 4.93 Å². The van der Waals surface area contributed by atoms with Gasteiger partial charge in [0.15, 0.2) is 0 Å². The molecule has 7 aromatic carbocycles. The monoisotopic (exact) mass is 525 g/mol. The lowest BCUT2D eigenvalue weighted by Gasteiger charge is -2.12. The molecule has 0 amide bonds. The fraction of sp³-hybridized carbons (Fsp3) is 0. The summed E-state index contributed by atoms with van der Waals surface area (Å²) >= 11 is 1.87. The smallest absolute Gasteiger partial charge is 0.0625 e. The largest absolute Gasteiger partial charge is 0.309 e. The quantitative estimate of drug-likeness (QED) is 0.198. The normalized spacial score (nSPS) is 12.0. The Balaban J connectivity index is 1.43. The SMILES string of the molecule is c1ccc(-n2c3ccc(-c4ccc5sc6ccccc6c5c4)cc3c3c4ccccc4c4ccccc4c32)cc1. The molecule has 0 unspecified atom stereocenters. The molecular weight excluding hydrogens is 502 g/mol. The standard InChI is InChI=1S/C38H23NS/c1-2-10-26(11-3-1)39-34-20-18-24(25-19-21-36-32(22-25)29-14-8-9-17-35(29)40-36)23-33(34)37-30-15-6-4-12-27(30)28-13-5-7-16-31(28)38(37)39/h1-23H. The van der Waals surface area contributed by atoms with Gasteiger partial charge in [-0.2, -0.15) is 0 Å². The van der Waals surface area contributed by atoms with Crippen molar-refractivity contribution in [3.8, 4) is 16.8 Å². The van der Waals surface area contributed by atoms with Crippen LogP contribution in [0.4, 0.5) is 0 Å². The molecule has 0 spiro atoms. The van der Waals surface area contributed by atoms with Crippen LogP contribution in [0, 0.1) is 0 Å². The Morgan fingerprint density at radius 1 is 0.400 bits per heavy atom. The van der Waals surface area contributed by atoms with Gasteiger partial charge in [-0.1, -0.05) is 97.1 Å². The van der Waals surface area contributed by atoms with E-state index in [1.807, 2.05) is 11.3 Å². The Morgan fingerprint density at radius 3 is 1.77 bits per heavy atom. The van der Waals surface area contributed by atoms with Crippen molar-refractivity contribution in [1.29, 1.82) is 0 Å². The summed E-state index contributed by atoms with van der Waals surface area (Å²) in [6.07, 6.45) is 0. The molecule has 0 aliphatic heterocycles. The number of nitrogens with zero attached hydrogens (tertiary/aromatic N) is 1. The maximum absolute atomic E-state index is 2.46. The summed E-state index contributed by atoms with van der Waals surface area (Å²) in [7, 11) is 0. The predicted molar refractivity (Wildman–Crippen MR) is 174 cm³/mol. The zero-order chi connectivity index (χ0) is 26.2. The third-order valence-corrected chi connectivity index (χ3v) is 9.51. The van der Waals surface area contributed by atoms with E-state index in [9.17, 15) is 0 Å². The van der Waals surface area contributed by atoms with Gasteiger partial charge in [0.2, 0.25) is 0 Å². The summed E-state index contributed by atoms with van der Waals surface area (Å²) < 4.78 is 5.14. The maximum atomic E-state index is 2.46. The minimum Gasteiger partial charge on any atom is -0.309 e. The van der Waals surface area contributed by atoms with Gasteiger partial charge >= 0.3 is 0 Å². The molecular formula is C38H23NS. The van der Waals surface area contributed by atoms with Gasteiger partial charge in [-0.3, -0.25) is 0 Å². The number of benzene rings is 7. The molecule has 186 valence electrons. The van der Waals surface area contributed by atoms with Crippen LogP contribution in [0.15, 0.2) is 140 Å². The van der Waals surface area contributed by atoms with Crippen molar-refractivity contribution in [2.75, 3.05) is 0 Å². The van der Waals surface area contributed by atoms with Gasteiger partial charge in [-0.25, -0.2) is 0 Å². The molecule has 0 bridgehead atoms. The number of hydrogen-bond acceptors (Lipinski definition) is 1. The zero-order valence-corrected chi connectivity index (χ0v) is 22.5. The predicted octanol–water partition coefficient (Wildman–Crippen LogP) is 11.1. The average Bonchev–Trinajstić information content (AvgIpc) is 3.57. The van der Waals surface area contributed by atoms with Gasteiger partial charge in [0.1, 0.15) is 0 Å². The van der Waals surface area contributed by atoms with Crippen molar-refractivity contribution < 1.29 is 0 Å². The highest BCUT2D eigenvalue weighted by Gasteiger charge is 2.19. The Bertz CT molecular complexity index is 2420. The summed E-state index contributed by atoms with van der Waals surface area (Å²) in [5.74, 6) is 0. The van der Waals surface area contributed by atoms with Crippen molar-refractivity contribution in [1.82, 2.24) is 4.57 Å². The first kappa shape index (κ1) is 22.0. The number of hydrogen-bond donors (Lipinski definition) is 0. The summed E-state index contributed by atoms with van der Waals surface area (Å²) in [6.45, 7) is 0. The first-order valence-electron chi connectivity index (χ1n) is 13.7. The minimum absolute atomic E-state index is 1.18. The van der Waals surface area contributed by atoms with Gasteiger partial charge in [-0.15, -0.1) is 11.3 Å². The molecule has 40 heavy (non-hydrogen) atoms. The summed E-state index contributed by atoms with van der Waals surface area (Å²) in [5.41, 5.74) is 6.18. The van der Waals surface area contributed by atoms with E-state index in [0.717, 1.165) is 0 Å². The number of aromatic nitrogens is 1. The van der Waals surface area contributed by atoms with E-state index < -0.39 is 0 Å². The van der Waals surface area contributed by atoms with Crippen molar-refractivity contribution in [2.45, 2.75) is 0 Å². The van der Waals surface area contributed by atoms with Crippen LogP contribution in [-0.2, 0) is 0 Å². The molecule has 1 nitrogen and oxygen atoms in total. The lowest BCUT2D eigenvalue weighted by atomic mass is 9.95. The first-order chi connectivity index (χ1) is 19.8. The molecule has 2 aromatic heterocycles. The van der Waals surface area contributed by atoms with Crippen LogP contribution in [-0.4, -0.2) is 4.57 Å². The fourth-order valence-electron chi connectivity index (χ4n) is 6.61. The fourth-order valence-corrected chi connectivity index (χ4v) is 7.70. The Hall–Kier alpha value is -4.92. The summed E-state index contributed by atoms with van der Waals surface area (Å²) in [4.78, 5) is 0. The summed E-state index contributed by atoms with van der Waals surface area (Å²) in [5, 5.41) is 10.4. The van der Waals surface area contributed by atoms with Gasteiger partial charge in [-0.05, 0) is 69.8 Å². The lowest BCUT2D eigenvalue weighted by Crippen LogP contribution is -1.94. The van der Waals surface area contributed by atoms with Crippen LogP contribution < -0.4 is 0 Å². The minimum atomic E-state index is 1.18. The molecule has 0 N–H and O–H groups in total. The van der Waals surface area contributed by atoms with E-state index >= 15 is 0 Å². The van der Waals surface area contributed by atoms with Crippen molar-refractivity contribution in [2.24, 2.45) is 0 Å². The number of rotatable bonds is 2. The average molecular weight is 526 g/mol. The number of fused-ring (bicyclic) bond motifs is 11. The van der Waals surface area contributed by atoms with E-state index in [4.69, 9.17) is 0 Å². The van der Waals surface area contributed by atoms with Gasteiger partial charge in [0.05, 0.1) is 11.0 Å². The molecule has 0 saturated carbocycles. The van der Waals surface area contributed by atoms with Crippen LogP contribution in [0.1, 0.15) is 0 Å². The molecule has 9 rings (SSSR count). The van der Waals surface area contributed by atoms with Gasteiger partial charge in [0, 0.05) is 42.0 Å². The summed E-state index contributed by atoms with van der Waals surface area (Å²) in [6, 6.07) is 51.2. The van der Waals surface area contributed by atoms with Crippen LogP contribution >= 0.6 is 11.3 Å². The third-order valence-electron chi connectivity index (χ3n) is 8.36. The van der Waals surface area contributed by atoms with E-state index in [1.165, 1.54) is 80.3 Å². The molecule has 0 fully saturated rings. The zero-order valence-electron chi connectivity index (χ0n) is 21.6. The van der Waals surface area contributed by atoms with Crippen LogP contribution in [0.3, 0.4) is 0 Å². The van der Waals surface area contributed by atoms with Crippen LogP contribution in [0.25, 0.3) is 80.3 Å². The second-order valence-electron chi connectivity index (χ2n) is 10.5. The Labute approximate surface area is 235 Å². The van der Waals surface area contributed by atoms with Crippen LogP contribution in [0.2, 0.25) is 0 Å². The lowest BCUT2D eigenvalue weighted by molar-refractivity contribution is 1.19. The van der Waals surface area contributed by atoms with Crippen LogP contribution in [0.5, 0.6) is 0 Å². The molecule has 0 aliphatic rings. The number of para-hydroxylation sites is 1. The maximum Gasteiger partial charge on any atom is 0.0625 e. The second kappa shape index (κ2) is 8.29. The van der Waals surface area contributed by atoms with E-state index in [-0.39, 0.29) is 0 Å². The number of thiophene rings is 1. The molecule has 0 atom stereocenters. The molecule has 9 aromatic rings. The molecule has 2 heteroatoms. The van der Waals surface area contributed by atoms with E-state index in [0.29, 0.717) is 0 Å². The van der Waals surface area contributed by atoms with Crippen molar-refractivity contribution in [3.05, 3.63) is 140 Å². The van der Waals surface area contributed by atoms with E-state index in [1.54, 1.807) is 0 Å². The Morgan fingerprint density at radius 2 is 0.975 bits per heavy atom. The molecule has 0 aliphatic carbocycles. The first-order valence-corrected chi connectivity index (χ1v) is 14.5. The highest BCUT2D eigenvalue weighted by molar-refractivity contribution is 7.25. The molecule has 2 heterocycles. The third kappa shape index (κ3) is 3.03. The highest BCUT2D eigenvalue weighted by atomic mass is 32.1. The van der Waals surface area contributed by atoms with Gasteiger partial charge < -0.3 is 4.57 Å². The molecule has 0 saturated heterocycles. The van der Waals surface area contributed by atoms with Crippen molar-refractivity contribution in [3.63, 3.8) is 0 Å². The molecule has 0 radical (unpaired) electrons. The van der Waals surface area contributed by atoms with Gasteiger partial charge in [0.25, 0.3) is 0 Å². The second-order valence-corrected chi connectivity index (χ2v) is 11.6.